The molecule has 1 aliphatic heterocycles. The van der Waals surface area contributed by atoms with Crippen LogP contribution < -0.4 is 14.4 Å². The summed E-state index contributed by atoms with van der Waals surface area (Å²) in [6.45, 7) is 1.88. The normalized spacial score (nSPS) is 13.2. The van der Waals surface area contributed by atoms with Gasteiger partial charge in [0, 0.05) is 17.4 Å². The Labute approximate surface area is 212 Å². The Bertz CT molecular complexity index is 1580. The van der Waals surface area contributed by atoms with E-state index in [2.05, 4.69) is 9.71 Å². The molecule has 0 unspecified atom stereocenters. The van der Waals surface area contributed by atoms with E-state index in [0.29, 0.717) is 28.3 Å². The summed E-state index contributed by atoms with van der Waals surface area (Å²) in [6.07, 6.45) is 1.50. The molecule has 0 radical (unpaired) electrons. The van der Waals surface area contributed by atoms with Crippen LogP contribution in [0.25, 0.3) is 11.1 Å². The number of anilines is 3. The maximum absolute atomic E-state index is 13.2. The second kappa shape index (κ2) is 9.25. The van der Waals surface area contributed by atoms with Gasteiger partial charge < -0.3 is 4.74 Å². The van der Waals surface area contributed by atoms with Crippen LogP contribution >= 0.6 is 11.6 Å². The molecule has 2 heterocycles. The van der Waals surface area contributed by atoms with Crippen LogP contribution in [-0.4, -0.2) is 25.9 Å². The molecule has 0 saturated carbocycles. The first-order valence-corrected chi connectivity index (χ1v) is 12.7. The van der Waals surface area contributed by atoms with Gasteiger partial charge in [0.2, 0.25) is 0 Å². The van der Waals surface area contributed by atoms with E-state index in [0.717, 1.165) is 29.8 Å². The third-order valence-corrected chi connectivity index (χ3v) is 7.32. The number of pyridine rings is 1. The van der Waals surface area contributed by atoms with E-state index < -0.39 is 15.8 Å². The number of aromatic nitrogens is 1. The summed E-state index contributed by atoms with van der Waals surface area (Å²) in [5, 5.41) is -0.0535. The average Bonchev–Trinajstić information content (AvgIpc) is 2.86. The minimum Gasteiger partial charge on any atom is -0.482 e. The van der Waals surface area contributed by atoms with Gasteiger partial charge in [-0.25, -0.2) is 17.8 Å². The number of hydrogen-bond acceptors (Lipinski definition) is 5. The van der Waals surface area contributed by atoms with Gasteiger partial charge in [-0.2, -0.15) is 0 Å². The molecule has 1 aliphatic rings. The van der Waals surface area contributed by atoms with E-state index in [9.17, 15) is 17.6 Å². The molecule has 182 valence electrons. The topological polar surface area (TPSA) is 88.6 Å². The number of fused-ring (bicyclic) bond motifs is 1. The smallest absolute Gasteiger partial charge is 0.269 e. The van der Waals surface area contributed by atoms with E-state index in [1.165, 1.54) is 6.20 Å². The Kier molecular flexibility index (Phi) is 6.11. The molecule has 1 N–H and O–H groups in total. The van der Waals surface area contributed by atoms with Crippen molar-refractivity contribution in [3.63, 3.8) is 0 Å². The van der Waals surface area contributed by atoms with E-state index in [1.54, 1.807) is 29.2 Å². The molecular formula is C26H19ClFN3O4S. The monoisotopic (exact) mass is 523 g/mol. The third-order valence-electron chi connectivity index (χ3n) is 5.63. The summed E-state index contributed by atoms with van der Waals surface area (Å²) in [7, 11) is -4.04. The van der Waals surface area contributed by atoms with Crippen molar-refractivity contribution in [3.05, 3.63) is 95.5 Å². The van der Waals surface area contributed by atoms with Crippen molar-refractivity contribution in [2.24, 2.45) is 0 Å². The number of rotatable bonds is 5. The number of nitrogens with one attached hydrogen (secondary N) is 1. The zero-order valence-electron chi connectivity index (χ0n) is 18.9. The van der Waals surface area contributed by atoms with Gasteiger partial charge in [0.05, 0.1) is 16.3 Å². The van der Waals surface area contributed by atoms with E-state index in [4.69, 9.17) is 16.3 Å². The zero-order chi connectivity index (χ0) is 25.4. The predicted molar refractivity (Wildman–Crippen MR) is 136 cm³/mol. The molecule has 36 heavy (non-hydrogen) atoms. The van der Waals surface area contributed by atoms with Crippen LogP contribution in [0.15, 0.2) is 83.9 Å². The van der Waals surface area contributed by atoms with Gasteiger partial charge in [0.25, 0.3) is 15.9 Å². The molecule has 0 spiro atoms. The highest BCUT2D eigenvalue weighted by Crippen LogP contribution is 2.40. The molecule has 0 aliphatic carbocycles. The van der Waals surface area contributed by atoms with Crippen LogP contribution in [0.2, 0.25) is 5.15 Å². The van der Waals surface area contributed by atoms with Crippen molar-refractivity contribution in [2.45, 2.75) is 11.8 Å². The molecule has 1 amide bonds. The fourth-order valence-electron chi connectivity index (χ4n) is 3.80. The summed E-state index contributed by atoms with van der Waals surface area (Å²) in [4.78, 5) is 18.4. The van der Waals surface area contributed by atoms with Crippen LogP contribution in [0.5, 0.6) is 5.75 Å². The quantitative estimate of drug-likeness (QED) is 0.339. The maximum atomic E-state index is 13.2. The number of carbonyl (C=O) groups is 1. The Hall–Kier alpha value is -3.95. The Balaban J connectivity index is 1.52. The van der Waals surface area contributed by atoms with Crippen molar-refractivity contribution >= 4 is 44.6 Å². The van der Waals surface area contributed by atoms with Gasteiger partial charge in [-0.15, -0.1) is 0 Å². The number of hydrogen-bond donors (Lipinski definition) is 1. The second-order valence-corrected chi connectivity index (χ2v) is 10.2. The van der Waals surface area contributed by atoms with Gasteiger partial charge in [-0.1, -0.05) is 35.4 Å². The lowest BCUT2D eigenvalue weighted by molar-refractivity contribution is -0.120. The number of sulfonamides is 1. The van der Waals surface area contributed by atoms with Crippen molar-refractivity contribution in [1.82, 2.24) is 4.98 Å². The largest absolute Gasteiger partial charge is 0.482 e. The molecule has 4 aromatic rings. The highest BCUT2D eigenvalue weighted by atomic mass is 35.5. The van der Waals surface area contributed by atoms with E-state index in [1.807, 2.05) is 31.2 Å². The first-order chi connectivity index (χ1) is 17.2. The lowest BCUT2D eigenvalue weighted by atomic mass is 10.0. The van der Waals surface area contributed by atoms with Crippen LogP contribution in [0.1, 0.15) is 5.56 Å². The standard InChI is InChI=1S/C26H19ClFN3O4S/c1-16-2-7-20(8-3-16)31-23-13-17(4-11-24(23)35-15-25(31)32)18-12-22(26(27)29-14-18)30-36(33,34)21-9-5-19(28)6-10-21/h2-14,30H,15H2,1H3. The van der Waals surface area contributed by atoms with Gasteiger partial charge in [-0.3, -0.25) is 14.4 Å². The van der Waals surface area contributed by atoms with E-state index in [-0.39, 0.29) is 28.3 Å². The molecule has 5 rings (SSSR count). The molecule has 3 aromatic carbocycles. The number of carbonyl (C=O) groups excluding carboxylic acids is 1. The lowest BCUT2D eigenvalue weighted by Crippen LogP contribution is -2.35. The summed E-state index contributed by atoms with van der Waals surface area (Å²) in [6, 6.07) is 18.8. The molecule has 7 nitrogen and oxygen atoms in total. The van der Waals surface area contributed by atoms with Crippen LogP contribution in [-0.2, 0) is 14.8 Å². The number of nitrogens with zero attached hydrogens (tertiary/aromatic N) is 2. The number of amides is 1. The SMILES string of the molecule is Cc1ccc(N2C(=O)COc3ccc(-c4cnc(Cl)c(NS(=O)(=O)c5ccc(F)cc5)c4)cc32)cc1. The van der Waals surface area contributed by atoms with Crippen molar-refractivity contribution < 1.29 is 22.3 Å². The van der Waals surface area contributed by atoms with Crippen LogP contribution in [0.4, 0.5) is 21.5 Å². The average molecular weight is 524 g/mol. The number of benzene rings is 3. The van der Waals surface area contributed by atoms with Crippen LogP contribution in [0.3, 0.4) is 0 Å². The van der Waals surface area contributed by atoms with Crippen molar-refractivity contribution in [2.75, 3.05) is 16.2 Å². The fourth-order valence-corrected chi connectivity index (χ4v) is 5.07. The van der Waals surface area contributed by atoms with Gasteiger partial charge >= 0.3 is 0 Å². The summed E-state index contributed by atoms with van der Waals surface area (Å²) >= 11 is 6.18. The third kappa shape index (κ3) is 4.62. The molecule has 0 saturated heterocycles. The zero-order valence-corrected chi connectivity index (χ0v) is 20.5. The molecule has 0 fully saturated rings. The highest BCUT2D eigenvalue weighted by Gasteiger charge is 2.27. The minimum absolute atomic E-state index is 0.0535. The first-order valence-electron chi connectivity index (χ1n) is 10.8. The number of halogens is 2. The molecule has 10 heteroatoms. The molecule has 1 aromatic heterocycles. The van der Waals surface area contributed by atoms with Crippen molar-refractivity contribution in [1.29, 1.82) is 0 Å². The van der Waals surface area contributed by atoms with Gasteiger partial charge in [-0.05, 0) is 67.1 Å². The van der Waals surface area contributed by atoms with Crippen molar-refractivity contribution in [3.8, 4) is 16.9 Å². The summed E-state index contributed by atoms with van der Waals surface area (Å²) < 4.78 is 46.8. The summed E-state index contributed by atoms with van der Waals surface area (Å²) in [5.74, 6) is -0.228. The van der Waals surface area contributed by atoms with Gasteiger partial charge in [0.15, 0.2) is 11.8 Å². The lowest BCUT2D eigenvalue weighted by Gasteiger charge is -2.30. The maximum Gasteiger partial charge on any atom is 0.269 e. The second-order valence-electron chi connectivity index (χ2n) is 8.16. The number of ether oxygens (including phenoxy) is 1. The Morgan fingerprint density at radius 1 is 1.00 bits per heavy atom. The molecular weight excluding hydrogens is 505 g/mol. The van der Waals surface area contributed by atoms with Gasteiger partial charge in [0.1, 0.15) is 11.6 Å². The predicted octanol–water partition coefficient (Wildman–Crippen LogP) is 5.71. The highest BCUT2D eigenvalue weighted by molar-refractivity contribution is 7.92. The number of aryl methyl sites for hydroxylation is 1. The fraction of sp³-hybridized carbons (Fsp3) is 0.0769. The summed E-state index contributed by atoms with van der Waals surface area (Å²) in [5.41, 5.74) is 3.59. The first kappa shape index (κ1) is 23.8. The van der Waals surface area contributed by atoms with E-state index >= 15 is 0 Å². The Morgan fingerprint density at radius 3 is 2.44 bits per heavy atom. The molecule has 0 bridgehead atoms. The Morgan fingerprint density at radius 2 is 1.72 bits per heavy atom. The van der Waals surface area contributed by atoms with Crippen LogP contribution in [0, 0.1) is 12.7 Å². The minimum atomic E-state index is -4.04. The molecule has 0 atom stereocenters.